The largest absolute Gasteiger partial charge is 0.354 e. The van der Waals surface area contributed by atoms with E-state index in [4.69, 9.17) is 0 Å². The van der Waals surface area contributed by atoms with Gasteiger partial charge in [-0.25, -0.2) is 8.42 Å². The summed E-state index contributed by atoms with van der Waals surface area (Å²) in [6, 6.07) is 6.59. The molecule has 1 rings (SSSR count). The molecule has 0 aliphatic rings. The Morgan fingerprint density at radius 3 is 2.30 bits per heavy atom. The number of nitrogens with one attached hydrogen (secondary N) is 1. The molecular formula is C16H26N2O3S2. The number of amides is 1. The molecule has 0 spiro atoms. The molecule has 0 saturated carbocycles. The third kappa shape index (κ3) is 6.93. The Balaban J connectivity index is 2.52. The predicted molar refractivity (Wildman–Crippen MR) is 96.2 cm³/mol. The van der Waals surface area contributed by atoms with Gasteiger partial charge < -0.3 is 5.32 Å². The van der Waals surface area contributed by atoms with Crippen LogP contribution in [-0.4, -0.2) is 49.3 Å². The summed E-state index contributed by atoms with van der Waals surface area (Å²) in [4.78, 5) is 12.1. The smallest absolute Gasteiger partial charge is 0.243 e. The molecule has 0 radical (unpaired) electrons. The lowest BCUT2D eigenvalue weighted by Gasteiger charge is -2.19. The third-order valence-electron chi connectivity index (χ3n) is 3.05. The van der Waals surface area contributed by atoms with Gasteiger partial charge in [-0.15, -0.1) is 0 Å². The number of carbonyl (C=O) groups is 1. The predicted octanol–water partition coefficient (Wildman–Crippen LogP) is 2.26. The summed E-state index contributed by atoms with van der Waals surface area (Å²) in [5, 5.41) is 2.75. The average Bonchev–Trinajstić information content (AvgIpc) is 2.43. The van der Waals surface area contributed by atoms with Crippen molar-refractivity contribution in [2.75, 3.05) is 25.9 Å². The van der Waals surface area contributed by atoms with E-state index in [1.165, 1.54) is 7.05 Å². The number of hydrogen-bond donors (Lipinski definition) is 1. The van der Waals surface area contributed by atoms with E-state index in [0.717, 1.165) is 15.6 Å². The molecule has 1 aromatic rings. The molecular weight excluding hydrogens is 332 g/mol. The van der Waals surface area contributed by atoms with Crippen molar-refractivity contribution in [2.45, 2.75) is 37.3 Å². The van der Waals surface area contributed by atoms with Crippen LogP contribution in [0.4, 0.5) is 0 Å². The first-order valence-corrected chi connectivity index (χ1v) is 9.88. The van der Waals surface area contributed by atoms with Gasteiger partial charge in [-0.3, -0.25) is 4.79 Å². The van der Waals surface area contributed by atoms with Crippen LogP contribution in [0.3, 0.4) is 0 Å². The molecule has 5 nitrogen and oxygen atoms in total. The highest BCUT2D eigenvalue weighted by Gasteiger charge is 2.22. The van der Waals surface area contributed by atoms with Gasteiger partial charge in [0, 0.05) is 24.1 Å². The van der Waals surface area contributed by atoms with Gasteiger partial charge in [-0.1, -0.05) is 38.5 Å². The lowest BCUT2D eigenvalue weighted by molar-refractivity contribution is -0.121. The molecule has 0 saturated heterocycles. The van der Waals surface area contributed by atoms with Gasteiger partial charge in [-0.05, 0) is 19.1 Å². The van der Waals surface area contributed by atoms with Crippen LogP contribution in [0.15, 0.2) is 29.2 Å². The zero-order chi connectivity index (χ0) is 17.7. The van der Waals surface area contributed by atoms with Gasteiger partial charge in [0.05, 0.1) is 11.4 Å². The molecule has 0 fully saturated rings. The Morgan fingerprint density at radius 2 is 1.78 bits per heavy atom. The van der Waals surface area contributed by atoms with Gasteiger partial charge in [0.25, 0.3) is 0 Å². The monoisotopic (exact) mass is 358 g/mol. The highest BCUT2D eigenvalue weighted by atomic mass is 32.2. The maximum absolute atomic E-state index is 12.4. The van der Waals surface area contributed by atoms with Crippen LogP contribution in [-0.2, 0) is 14.8 Å². The highest BCUT2D eigenvalue weighted by molar-refractivity contribution is 8.00. The third-order valence-corrected chi connectivity index (χ3v) is 6.15. The van der Waals surface area contributed by atoms with Gasteiger partial charge >= 0.3 is 0 Å². The molecule has 23 heavy (non-hydrogen) atoms. The van der Waals surface area contributed by atoms with Crippen molar-refractivity contribution in [3.05, 3.63) is 29.8 Å². The van der Waals surface area contributed by atoms with Crippen molar-refractivity contribution in [1.29, 1.82) is 0 Å². The molecule has 7 heteroatoms. The van der Waals surface area contributed by atoms with Crippen LogP contribution in [0.25, 0.3) is 0 Å². The lowest BCUT2D eigenvalue weighted by atomic mass is 10.2. The van der Waals surface area contributed by atoms with Gasteiger partial charge in [0.15, 0.2) is 0 Å². The Kier molecular flexibility index (Phi) is 7.10. The molecule has 1 N–H and O–H groups in total. The fourth-order valence-corrected chi connectivity index (χ4v) is 3.72. The summed E-state index contributed by atoms with van der Waals surface area (Å²) in [6.07, 6.45) is 0. The Morgan fingerprint density at radius 1 is 1.22 bits per heavy atom. The highest BCUT2D eigenvalue weighted by Crippen LogP contribution is 2.22. The van der Waals surface area contributed by atoms with Crippen molar-refractivity contribution in [3.8, 4) is 0 Å². The van der Waals surface area contributed by atoms with E-state index in [-0.39, 0.29) is 22.1 Å². The van der Waals surface area contributed by atoms with Crippen molar-refractivity contribution < 1.29 is 13.2 Å². The first kappa shape index (κ1) is 20.0. The summed E-state index contributed by atoms with van der Waals surface area (Å²) in [6.45, 7) is 8.57. The van der Waals surface area contributed by atoms with E-state index < -0.39 is 10.0 Å². The zero-order valence-electron chi connectivity index (χ0n) is 14.4. The van der Waals surface area contributed by atoms with Gasteiger partial charge in [0.1, 0.15) is 0 Å². The summed E-state index contributed by atoms with van der Waals surface area (Å²) in [5.74, 6) is 0.502. The Hall–Kier alpha value is -1.05. The van der Waals surface area contributed by atoms with Crippen molar-refractivity contribution in [2.24, 2.45) is 0 Å². The molecule has 1 aromatic carbocycles. The number of thioether (sulfide) groups is 1. The topological polar surface area (TPSA) is 66.5 Å². The number of hydrogen-bond acceptors (Lipinski definition) is 4. The van der Waals surface area contributed by atoms with E-state index in [9.17, 15) is 13.2 Å². The summed E-state index contributed by atoms with van der Waals surface area (Å²) in [7, 11) is -2.22. The second kappa shape index (κ2) is 8.17. The van der Waals surface area contributed by atoms with E-state index >= 15 is 0 Å². The molecule has 0 aromatic heterocycles. The number of carbonyl (C=O) groups excluding carboxylic acids is 1. The second-order valence-electron chi connectivity index (χ2n) is 6.38. The van der Waals surface area contributed by atoms with Gasteiger partial charge in [0.2, 0.25) is 15.9 Å². The second-order valence-corrected chi connectivity index (χ2v) is 10.4. The Labute approximate surface area is 143 Å². The minimum absolute atomic E-state index is 0.149. The quantitative estimate of drug-likeness (QED) is 0.759. The maximum Gasteiger partial charge on any atom is 0.243 e. The zero-order valence-corrected chi connectivity index (χ0v) is 16.1. The number of likely N-dealkylation sites (N-methyl/N-ethyl adjacent to an activating group) is 1. The minimum Gasteiger partial charge on any atom is -0.354 e. The van der Waals surface area contributed by atoms with Crippen LogP contribution < -0.4 is 5.32 Å². The van der Waals surface area contributed by atoms with Crippen LogP contribution in [0.1, 0.15) is 26.3 Å². The number of rotatable bonds is 7. The summed E-state index contributed by atoms with van der Waals surface area (Å²) in [5.41, 5.74) is 0.987. The molecule has 0 unspecified atom stereocenters. The molecule has 0 atom stereocenters. The number of nitrogens with zero attached hydrogens (tertiary/aromatic N) is 1. The van der Waals surface area contributed by atoms with Crippen molar-refractivity contribution >= 4 is 27.7 Å². The minimum atomic E-state index is -3.64. The van der Waals surface area contributed by atoms with Crippen LogP contribution >= 0.6 is 11.8 Å². The standard InChI is InChI=1S/C16H26N2O3S2/c1-13-6-8-14(9-7-13)23(20,21)18(5)12-15(19)17-10-11-22-16(2,3)4/h6-9H,10-12H2,1-5H3,(H,17,19). The van der Waals surface area contributed by atoms with Crippen molar-refractivity contribution in [1.82, 2.24) is 9.62 Å². The molecule has 1 amide bonds. The van der Waals surface area contributed by atoms with E-state index in [1.807, 2.05) is 6.92 Å². The molecule has 0 heterocycles. The SMILES string of the molecule is Cc1ccc(S(=O)(=O)N(C)CC(=O)NCCSC(C)(C)C)cc1. The van der Waals surface area contributed by atoms with Crippen LogP contribution in [0.5, 0.6) is 0 Å². The fourth-order valence-electron chi connectivity index (χ4n) is 1.78. The Bertz CT molecular complexity index is 620. The first-order valence-electron chi connectivity index (χ1n) is 7.46. The molecule has 130 valence electrons. The first-order chi connectivity index (χ1) is 10.5. The summed E-state index contributed by atoms with van der Waals surface area (Å²) < 4.78 is 26.0. The van der Waals surface area contributed by atoms with E-state index in [1.54, 1.807) is 36.0 Å². The molecule has 0 bridgehead atoms. The van der Waals surface area contributed by atoms with E-state index in [2.05, 4.69) is 26.1 Å². The fraction of sp³-hybridized carbons (Fsp3) is 0.562. The number of sulfonamides is 1. The lowest BCUT2D eigenvalue weighted by Crippen LogP contribution is -2.39. The maximum atomic E-state index is 12.4. The average molecular weight is 359 g/mol. The van der Waals surface area contributed by atoms with Crippen molar-refractivity contribution in [3.63, 3.8) is 0 Å². The van der Waals surface area contributed by atoms with E-state index in [0.29, 0.717) is 6.54 Å². The summed E-state index contributed by atoms with van der Waals surface area (Å²) >= 11 is 1.75. The molecule has 0 aliphatic carbocycles. The normalized spacial score (nSPS) is 12.4. The van der Waals surface area contributed by atoms with Gasteiger partial charge in [-0.2, -0.15) is 16.1 Å². The number of benzene rings is 1. The van der Waals surface area contributed by atoms with Crippen LogP contribution in [0, 0.1) is 6.92 Å². The number of aryl methyl sites for hydroxylation is 1. The molecule has 0 aliphatic heterocycles. The van der Waals surface area contributed by atoms with Crippen LogP contribution in [0.2, 0.25) is 0 Å².